The van der Waals surface area contributed by atoms with Gasteiger partial charge in [0.1, 0.15) is 18.2 Å². The Hall–Kier alpha value is -1.60. The van der Waals surface area contributed by atoms with Gasteiger partial charge in [-0.2, -0.15) is 0 Å². The highest BCUT2D eigenvalue weighted by Crippen LogP contribution is 2.59. The molecule has 0 radical (unpaired) electrons. The first-order valence-electron chi connectivity index (χ1n) is 8.32. The molecule has 1 fully saturated rings. The van der Waals surface area contributed by atoms with Gasteiger partial charge in [-0.05, 0) is 41.7 Å². The van der Waals surface area contributed by atoms with Gasteiger partial charge in [0.2, 0.25) is 10.0 Å². The molecule has 3 aliphatic rings. The number of sulfonamides is 1. The fraction of sp³-hybridized carbons (Fsp3) is 0.500. The molecule has 8 heteroatoms. The molecule has 3 aliphatic carbocycles. The predicted molar refractivity (Wildman–Crippen MR) is 97.3 cm³/mol. The average molecular weight is 402 g/mol. The van der Waals surface area contributed by atoms with Crippen LogP contribution < -0.4 is 9.46 Å². The van der Waals surface area contributed by atoms with Crippen LogP contribution in [0.25, 0.3) is 0 Å². The summed E-state index contributed by atoms with van der Waals surface area (Å²) in [5, 5.41) is 0.0483. The van der Waals surface area contributed by atoms with Crippen LogP contribution in [0.5, 0.6) is 5.75 Å². The second kappa shape index (κ2) is 6.53. The fourth-order valence-corrected chi connectivity index (χ4v) is 4.50. The first kappa shape index (κ1) is 19.2. The van der Waals surface area contributed by atoms with Gasteiger partial charge in [-0.3, -0.25) is 4.79 Å². The van der Waals surface area contributed by atoms with Crippen molar-refractivity contribution in [1.29, 1.82) is 0 Å². The van der Waals surface area contributed by atoms with Crippen LogP contribution >= 0.6 is 11.6 Å². The molecule has 1 amide bonds. The van der Waals surface area contributed by atoms with Crippen molar-refractivity contribution >= 4 is 27.5 Å². The van der Waals surface area contributed by atoms with Crippen molar-refractivity contribution in [2.24, 2.45) is 17.3 Å². The third-order valence-corrected chi connectivity index (χ3v) is 6.37. The van der Waals surface area contributed by atoms with Crippen molar-refractivity contribution in [3.63, 3.8) is 0 Å². The van der Waals surface area contributed by atoms with Crippen molar-refractivity contribution in [3.05, 3.63) is 40.2 Å². The number of allylic oxidation sites excluding steroid dienone is 1. The number of hydrogen-bond donors (Lipinski definition) is 1. The van der Waals surface area contributed by atoms with Crippen molar-refractivity contribution in [1.82, 2.24) is 4.72 Å². The monoisotopic (exact) mass is 401 g/mol. The summed E-state index contributed by atoms with van der Waals surface area (Å²) >= 11 is 6.10. The van der Waals surface area contributed by atoms with Crippen LogP contribution in [0.15, 0.2) is 23.8 Å². The quantitative estimate of drug-likeness (QED) is 0.766. The molecule has 26 heavy (non-hydrogen) atoms. The van der Waals surface area contributed by atoms with Crippen molar-refractivity contribution in [2.75, 3.05) is 12.9 Å². The second-order valence-electron chi connectivity index (χ2n) is 7.58. The maximum atomic E-state index is 14.2. The van der Waals surface area contributed by atoms with Crippen LogP contribution in [0.3, 0.4) is 0 Å². The van der Waals surface area contributed by atoms with Gasteiger partial charge in [-0.1, -0.05) is 31.5 Å². The average Bonchev–Trinajstić information content (AvgIpc) is 2.53. The van der Waals surface area contributed by atoms with E-state index >= 15 is 0 Å². The molecule has 1 aromatic rings. The third kappa shape index (κ3) is 3.60. The van der Waals surface area contributed by atoms with Gasteiger partial charge in [0.05, 0.1) is 16.8 Å². The molecule has 1 unspecified atom stereocenters. The molecule has 0 spiro atoms. The van der Waals surface area contributed by atoms with Gasteiger partial charge in [-0.15, -0.1) is 0 Å². The summed E-state index contributed by atoms with van der Waals surface area (Å²) in [6, 6.07) is 2.09. The number of hydrogen-bond acceptors (Lipinski definition) is 4. The maximum absolute atomic E-state index is 14.2. The zero-order chi connectivity index (χ0) is 19.3. The third-order valence-electron chi connectivity index (χ3n) is 5.52. The highest BCUT2D eigenvalue weighted by molar-refractivity contribution is 7.89. The van der Waals surface area contributed by atoms with E-state index in [4.69, 9.17) is 16.3 Å². The summed E-state index contributed by atoms with van der Waals surface area (Å²) in [7, 11) is -3.80. The summed E-state index contributed by atoms with van der Waals surface area (Å²) < 4.78 is 43.9. The van der Waals surface area contributed by atoms with Gasteiger partial charge in [-0.25, -0.2) is 17.5 Å². The molecule has 0 heterocycles. The van der Waals surface area contributed by atoms with Crippen LogP contribution in [-0.2, 0) is 10.0 Å². The Morgan fingerprint density at radius 2 is 2.12 bits per heavy atom. The van der Waals surface area contributed by atoms with E-state index < -0.39 is 27.3 Å². The van der Waals surface area contributed by atoms with E-state index in [-0.39, 0.29) is 16.2 Å². The van der Waals surface area contributed by atoms with Crippen molar-refractivity contribution < 1.29 is 22.3 Å². The largest absolute Gasteiger partial charge is 0.488 e. The lowest BCUT2D eigenvalue weighted by Gasteiger charge is -2.56. The highest BCUT2D eigenvalue weighted by Gasteiger charge is 2.51. The van der Waals surface area contributed by atoms with Gasteiger partial charge >= 0.3 is 0 Å². The lowest BCUT2D eigenvalue weighted by molar-refractivity contribution is -0.0115. The van der Waals surface area contributed by atoms with E-state index in [2.05, 4.69) is 19.9 Å². The van der Waals surface area contributed by atoms with Crippen molar-refractivity contribution in [3.8, 4) is 5.75 Å². The standard InChI is InChI=1S/C18H21ClFNO4S/c1-18(2)11-5-4-10(13(18)6-11)9-25-16-8-15(20)12(7-14(16)19)17(22)21-26(3,23)24/h4,7-8,11,13H,5-6,9H2,1-3H3,(H,21,22)/t11-,13?/m0/s1. The van der Waals surface area contributed by atoms with E-state index in [1.807, 2.05) is 0 Å². The molecule has 142 valence electrons. The first-order chi connectivity index (χ1) is 12.0. The molecule has 0 aromatic heterocycles. The molecule has 0 aliphatic heterocycles. The SMILES string of the molecule is CC1(C)C2C[C@@H]1CC=C2COc1cc(F)c(C(=O)NS(C)(=O)=O)cc1Cl. The minimum absolute atomic E-state index is 0.0483. The zero-order valence-electron chi connectivity index (χ0n) is 14.8. The lowest BCUT2D eigenvalue weighted by atomic mass is 9.49. The zero-order valence-corrected chi connectivity index (χ0v) is 16.4. The van der Waals surface area contributed by atoms with E-state index in [1.165, 1.54) is 5.57 Å². The minimum Gasteiger partial charge on any atom is -0.488 e. The topological polar surface area (TPSA) is 72.5 Å². The van der Waals surface area contributed by atoms with E-state index in [0.29, 0.717) is 18.4 Å². The molecule has 4 rings (SSSR count). The molecule has 1 N–H and O–H groups in total. The Labute approximate surface area is 157 Å². The van der Waals surface area contributed by atoms with Gasteiger partial charge in [0.25, 0.3) is 5.91 Å². The normalized spacial score (nSPS) is 23.7. The number of carbonyl (C=O) groups excluding carboxylic acids is 1. The molecule has 0 saturated heterocycles. The van der Waals surface area contributed by atoms with Crippen LogP contribution in [-0.4, -0.2) is 27.2 Å². The predicted octanol–water partition coefficient (Wildman–Crippen LogP) is 3.54. The molecule has 5 nitrogen and oxygen atoms in total. The number of fused-ring (bicyclic) bond motifs is 1. The van der Waals surface area contributed by atoms with Crippen molar-refractivity contribution in [2.45, 2.75) is 26.7 Å². The second-order valence-corrected chi connectivity index (χ2v) is 9.73. The Morgan fingerprint density at radius 1 is 1.42 bits per heavy atom. The van der Waals surface area contributed by atoms with Crippen LogP contribution in [0.1, 0.15) is 37.0 Å². The number of ether oxygens (including phenoxy) is 1. The number of amides is 1. The van der Waals surface area contributed by atoms with Crippen LogP contribution in [0.4, 0.5) is 4.39 Å². The Kier molecular flexibility index (Phi) is 4.82. The fourth-order valence-electron chi connectivity index (χ4n) is 3.84. The highest BCUT2D eigenvalue weighted by atomic mass is 35.5. The molecule has 2 atom stereocenters. The summed E-state index contributed by atoms with van der Waals surface area (Å²) in [6.07, 6.45) is 5.17. The molecular weight excluding hydrogens is 381 g/mol. The summed E-state index contributed by atoms with van der Waals surface area (Å²) in [5.41, 5.74) is 0.997. The number of nitrogens with one attached hydrogen (secondary N) is 1. The van der Waals surface area contributed by atoms with Gasteiger partial charge < -0.3 is 4.74 Å². The molecule has 1 saturated carbocycles. The van der Waals surface area contributed by atoms with Gasteiger partial charge in [0.15, 0.2) is 0 Å². The summed E-state index contributed by atoms with van der Waals surface area (Å²) in [5.74, 6) is -0.669. The molecule has 1 aromatic carbocycles. The number of halogens is 2. The minimum atomic E-state index is -3.80. The Morgan fingerprint density at radius 3 is 2.69 bits per heavy atom. The van der Waals surface area contributed by atoms with Crippen LogP contribution in [0, 0.1) is 23.1 Å². The lowest BCUT2D eigenvalue weighted by Crippen LogP contribution is -2.48. The Bertz CT molecular complexity index is 895. The summed E-state index contributed by atoms with van der Waals surface area (Å²) in [4.78, 5) is 11.8. The number of carbonyl (C=O) groups is 1. The maximum Gasteiger partial charge on any atom is 0.267 e. The summed E-state index contributed by atoms with van der Waals surface area (Å²) in [6.45, 7) is 4.82. The number of benzene rings is 1. The smallest absolute Gasteiger partial charge is 0.267 e. The first-order valence-corrected chi connectivity index (χ1v) is 10.6. The van der Waals surface area contributed by atoms with E-state index in [1.54, 1.807) is 4.72 Å². The van der Waals surface area contributed by atoms with Gasteiger partial charge in [0, 0.05) is 6.07 Å². The van der Waals surface area contributed by atoms with E-state index in [9.17, 15) is 17.6 Å². The molecule has 2 bridgehead atoms. The number of rotatable bonds is 5. The van der Waals surface area contributed by atoms with E-state index in [0.717, 1.165) is 31.2 Å². The molecular formula is C18H21ClFNO4S. The van der Waals surface area contributed by atoms with Crippen LogP contribution in [0.2, 0.25) is 5.02 Å². The Balaban J connectivity index is 1.73.